The number of benzene rings is 3. The van der Waals surface area contributed by atoms with Gasteiger partial charge in [-0.15, -0.1) is 0 Å². The molecule has 96 valence electrons. The maximum Gasteiger partial charge on any atom is 0.0992 e. The van der Waals surface area contributed by atoms with Crippen molar-refractivity contribution in [1.29, 1.82) is 10.5 Å². The Balaban J connectivity index is 2.13. The molecule has 0 atom stereocenters. The Kier molecular flexibility index (Phi) is 2.25. The fourth-order valence-corrected chi connectivity index (χ4v) is 2.79. The minimum atomic E-state index is 0.644. The van der Waals surface area contributed by atoms with Crippen LogP contribution in [0.1, 0.15) is 11.1 Å². The summed E-state index contributed by atoms with van der Waals surface area (Å²) in [5.74, 6) is 0. The molecule has 21 heavy (non-hydrogen) atoms. The molecule has 3 aromatic carbocycles. The third-order valence-corrected chi connectivity index (χ3v) is 3.81. The van der Waals surface area contributed by atoms with Gasteiger partial charge in [-0.25, -0.2) is 0 Å². The zero-order valence-electron chi connectivity index (χ0n) is 11.0. The maximum atomic E-state index is 9.01. The van der Waals surface area contributed by atoms with Gasteiger partial charge in [-0.3, -0.25) is 0 Å². The van der Waals surface area contributed by atoms with Crippen LogP contribution in [0.4, 0.5) is 0 Å². The second-order valence-corrected chi connectivity index (χ2v) is 5.07. The van der Waals surface area contributed by atoms with Crippen LogP contribution < -0.4 is 0 Å². The number of nitriles is 2. The Morgan fingerprint density at radius 2 is 1.38 bits per heavy atom. The summed E-state index contributed by atoms with van der Waals surface area (Å²) in [6.45, 7) is 0. The molecule has 0 radical (unpaired) electrons. The van der Waals surface area contributed by atoms with E-state index in [1.807, 2.05) is 36.4 Å². The molecule has 0 spiro atoms. The van der Waals surface area contributed by atoms with Gasteiger partial charge in [0, 0.05) is 21.8 Å². The summed E-state index contributed by atoms with van der Waals surface area (Å²) in [6, 6.07) is 19.8. The largest absolute Gasteiger partial charge is 0.354 e. The lowest BCUT2D eigenvalue weighted by molar-refractivity contribution is 1.48. The van der Waals surface area contributed by atoms with Crippen LogP contribution in [0, 0.1) is 22.7 Å². The third kappa shape index (κ3) is 1.65. The van der Waals surface area contributed by atoms with Crippen molar-refractivity contribution in [1.82, 2.24) is 4.98 Å². The first-order chi connectivity index (χ1) is 10.3. The Morgan fingerprint density at radius 3 is 2.19 bits per heavy atom. The second kappa shape index (κ2) is 4.10. The van der Waals surface area contributed by atoms with E-state index in [-0.39, 0.29) is 0 Å². The summed E-state index contributed by atoms with van der Waals surface area (Å²) >= 11 is 0. The molecule has 3 nitrogen and oxygen atoms in total. The van der Waals surface area contributed by atoms with Crippen molar-refractivity contribution in [3.63, 3.8) is 0 Å². The number of aromatic nitrogens is 1. The topological polar surface area (TPSA) is 63.4 Å². The SMILES string of the molecule is N#Cc1ccc2cc3[nH]c4cc(C#N)ccc4c3cc2c1. The molecule has 0 saturated carbocycles. The second-order valence-electron chi connectivity index (χ2n) is 5.07. The molecule has 1 heterocycles. The first-order valence-corrected chi connectivity index (χ1v) is 6.58. The Morgan fingerprint density at radius 1 is 0.667 bits per heavy atom. The first-order valence-electron chi connectivity index (χ1n) is 6.58. The van der Waals surface area contributed by atoms with Crippen molar-refractivity contribution < 1.29 is 0 Å². The maximum absolute atomic E-state index is 9.01. The van der Waals surface area contributed by atoms with Gasteiger partial charge in [-0.1, -0.05) is 12.1 Å². The molecule has 4 rings (SSSR count). The molecular formula is C18H9N3. The molecule has 1 N–H and O–H groups in total. The van der Waals surface area contributed by atoms with Crippen LogP contribution in [-0.4, -0.2) is 4.98 Å². The monoisotopic (exact) mass is 267 g/mol. The van der Waals surface area contributed by atoms with Crippen LogP contribution in [0.5, 0.6) is 0 Å². The van der Waals surface area contributed by atoms with Crippen molar-refractivity contribution in [2.45, 2.75) is 0 Å². The summed E-state index contributed by atoms with van der Waals surface area (Å²) in [5.41, 5.74) is 3.30. The average Bonchev–Trinajstić information content (AvgIpc) is 2.88. The van der Waals surface area contributed by atoms with Gasteiger partial charge in [0.1, 0.15) is 0 Å². The minimum absolute atomic E-state index is 0.644. The highest BCUT2D eigenvalue weighted by Gasteiger charge is 2.07. The Labute approximate surface area is 120 Å². The predicted octanol–water partition coefficient (Wildman–Crippen LogP) is 4.22. The van der Waals surface area contributed by atoms with E-state index in [0.717, 1.165) is 32.6 Å². The number of H-pyrrole nitrogens is 1. The zero-order valence-corrected chi connectivity index (χ0v) is 11.0. The van der Waals surface area contributed by atoms with Gasteiger partial charge in [0.2, 0.25) is 0 Å². The minimum Gasteiger partial charge on any atom is -0.354 e. The van der Waals surface area contributed by atoms with Crippen molar-refractivity contribution in [3.05, 3.63) is 59.7 Å². The van der Waals surface area contributed by atoms with Crippen LogP contribution in [0.3, 0.4) is 0 Å². The predicted molar refractivity (Wildman–Crippen MR) is 82.7 cm³/mol. The van der Waals surface area contributed by atoms with Crippen molar-refractivity contribution in [2.24, 2.45) is 0 Å². The van der Waals surface area contributed by atoms with E-state index in [4.69, 9.17) is 10.5 Å². The molecule has 0 bridgehead atoms. The number of rotatable bonds is 0. The van der Waals surface area contributed by atoms with Gasteiger partial charge in [-0.2, -0.15) is 10.5 Å². The highest BCUT2D eigenvalue weighted by atomic mass is 14.7. The van der Waals surface area contributed by atoms with Crippen LogP contribution in [0.2, 0.25) is 0 Å². The Hall–Kier alpha value is -3.30. The summed E-state index contributed by atoms with van der Waals surface area (Å²) in [7, 11) is 0. The number of aromatic amines is 1. The lowest BCUT2D eigenvalue weighted by atomic mass is 10.0. The van der Waals surface area contributed by atoms with Crippen LogP contribution >= 0.6 is 0 Å². The van der Waals surface area contributed by atoms with Crippen molar-refractivity contribution in [3.8, 4) is 12.1 Å². The third-order valence-electron chi connectivity index (χ3n) is 3.81. The summed E-state index contributed by atoms with van der Waals surface area (Å²) < 4.78 is 0. The standard InChI is InChI=1S/C18H9N3/c19-9-11-1-3-13-8-18-16(7-14(13)5-11)15-4-2-12(10-20)6-17(15)21-18/h1-8,21H. The highest BCUT2D eigenvalue weighted by molar-refractivity contribution is 6.12. The molecule has 1 aromatic heterocycles. The number of hydrogen-bond acceptors (Lipinski definition) is 2. The van der Waals surface area contributed by atoms with Gasteiger partial charge >= 0.3 is 0 Å². The zero-order chi connectivity index (χ0) is 14.4. The van der Waals surface area contributed by atoms with E-state index >= 15 is 0 Å². The molecule has 0 saturated heterocycles. The van der Waals surface area contributed by atoms with Gasteiger partial charge in [0.25, 0.3) is 0 Å². The van der Waals surface area contributed by atoms with Gasteiger partial charge < -0.3 is 4.98 Å². The molecule has 0 aliphatic carbocycles. The lowest BCUT2D eigenvalue weighted by Crippen LogP contribution is -1.77. The Bertz CT molecular complexity index is 1100. The fraction of sp³-hybridized carbons (Fsp3) is 0. The number of fused-ring (bicyclic) bond motifs is 4. The van der Waals surface area contributed by atoms with E-state index in [1.54, 1.807) is 0 Å². The average molecular weight is 267 g/mol. The van der Waals surface area contributed by atoms with E-state index in [9.17, 15) is 0 Å². The van der Waals surface area contributed by atoms with Crippen molar-refractivity contribution >= 4 is 32.6 Å². The van der Waals surface area contributed by atoms with Gasteiger partial charge in [0.05, 0.1) is 23.3 Å². The quantitative estimate of drug-likeness (QED) is 0.518. The summed E-state index contributed by atoms with van der Waals surface area (Å²) in [5, 5.41) is 22.3. The van der Waals surface area contributed by atoms with Crippen LogP contribution in [0.15, 0.2) is 48.5 Å². The molecule has 0 amide bonds. The molecule has 0 unspecified atom stereocenters. The fourth-order valence-electron chi connectivity index (χ4n) is 2.79. The molecule has 0 fully saturated rings. The smallest absolute Gasteiger partial charge is 0.0992 e. The summed E-state index contributed by atoms with van der Waals surface area (Å²) in [4.78, 5) is 3.36. The molecule has 0 aliphatic rings. The first kappa shape index (κ1) is 11.5. The molecular weight excluding hydrogens is 258 g/mol. The van der Waals surface area contributed by atoms with E-state index in [0.29, 0.717) is 11.1 Å². The van der Waals surface area contributed by atoms with Gasteiger partial charge in [0.15, 0.2) is 0 Å². The summed E-state index contributed by atoms with van der Waals surface area (Å²) in [6.07, 6.45) is 0. The van der Waals surface area contributed by atoms with Crippen molar-refractivity contribution in [2.75, 3.05) is 0 Å². The molecule has 3 heteroatoms. The highest BCUT2D eigenvalue weighted by Crippen LogP contribution is 2.30. The van der Waals surface area contributed by atoms with E-state index in [1.165, 1.54) is 0 Å². The van der Waals surface area contributed by atoms with E-state index in [2.05, 4.69) is 29.3 Å². The number of hydrogen-bond donors (Lipinski definition) is 1. The normalized spacial score (nSPS) is 10.8. The van der Waals surface area contributed by atoms with E-state index < -0.39 is 0 Å². The molecule has 0 aliphatic heterocycles. The van der Waals surface area contributed by atoms with Crippen LogP contribution in [-0.2, 0) is 0 Å². The number of nitrogens with zero attached hydrogens (tertiary/aromatic N) is 2. The molecule has 4 aromatic rings. The number of nitrogens with one attached hydrogen (secondary N) is 1. The van der Waals surface area contributed by atoms with Gasteiger partial charge in [-0.05, 0) is 47.2 Å². The lowest BCUT2D eigenvalue weighted by Gasteiger charge is -1.99. The van der Waals surface area contributed by atoms with Crippen LogP contribution in [0.25, 0.3) is 32.6 Å².